The second kappa shape index (κ2) is 8.82. The fourth-order valence-corrected chi connectivity index (χ4v) is 4.46. The fourth-order valence-electron chi connectivity index (χ4n) is 2.69. The van der Waals surface area contributed by atoms with E-state index in [1.807, 2.05) is 78.2 Å². The number of amides is 1. The summed E-state index contributed by atoms with van der Waals surface area (Å²) in [6.45, 7) is 0. The third kappa shape index (κ3) is 4.47. The molecule has 28 heavy (non-hydrogen) atoms. The van der Waals surface area contributed by atoms with Crippen LogP contribution >= 0.6 is 23.1 Å². The summed E-state index contributed by atoms with van der Waals surface area (Å²) in [5.74, 6) is -0.0873. The van der Waals surface area contributed by atoms with Gasteiger partial charge in [-0.3, -0.25) is 9.78 Å². The van der Waals surface area contributed by atoms with Gasteiger partial charge in [-0.1, -0.05) is 48.5 Å². The normalized spacial score (nSPS) is 11.7. The Kier molecular flexibility index (Phi) is 5.80. The first-order valence-corrected chi connectivity index (χ1v) is 10.5. The lowest BCUT2D eigenvalue weighted by Crippen LogP contribution is -2.18. The molecule has 0 aliphatic heterocycles. The van der Waals surface area contributed by atoms with Gasteiger partial charge in [0.1, 0.15) is 5.25 Å². The minimum Gasteiger partial charge on any atom is -0.301 e. The summed E-state index contributed by atoms with van der Waals surface area (Å²) < 4.78 is 0. The van der Waals surface area contributed by atoms with E-state index in [2.05, 4.69) is 15.3 Å². The third-order valence-electron chi connectivity index (χ3n) is 4.05. The molecular weight excluding hydrogens is 386 g/mol. The lowest BCUT2D eigenvalue weighted by molar-refractivity contribution is -0.115. The van der Waals surface area contributed by atoms with Gasteiger partial charge in [-0.05, 0) is 29.8 Å². The van der Waals surface area contributed by atoms with Crippen molar-refractivity contribution >= 4 is 34.1 Å². The molecule has 2 heterocycles. The first-order chi connectivity index (χ1) is 13.8. The van der Waals surface area contributed by atoms with E-state index in [0.717, 1.165) is 21.7 Å². The lowest BCUT2D eigenvalue weighted by Gasteiger charge is -2.16. The molecule has 0 unspecified atom stereocenters. The molecule has 0 spiro atoms. The predicted octanol–water partition coefficient (Wildman–Crippen LogP) is 5.68. The molecule has 0 saturated carbocycles. The number of carbonyl (C=O) groups excluding carboxylic acids is 1. The third-order valence-corrected chi connectivity index (χ3v) is 6.07. The van der Waals surface area contributed by atoms with Crippen LogP contribution in [0.3, 0.4) is 0 Å². The van der Waals surface area contributed by atoms with Crippen molar-refractivity contribution in [1.82, 2.24) is 9.97 Å². The Morgan fingerprint density at radius 1 is 0.929 bits per heavy atom. The Balaban J connectivity index is 1.55. The van der Waals surface area contributed by atoms with E-state index < -0.39 is 0 Å². The van der Waals surface area contributed by atoms with Gasteiger partial charge in [-0.2, -0.15) is 0 Å². The number of nitrogens with zero attached hydrogens (tertiary/aromatic N) is 2. The Hall–Kier alpha value is -2.96. The number of rotatable bonds is 6. The van der Waals surface area contributed by atoms with E-state index in [9.17, 15) is 4.79 Å². The standard InChI is InChI=1S/C22H17N3OS2/c26-21(25-22-24-19(15-27-22)16-11-13-23-14-12-16)20(17-7-3-1-4-8-17)28-18-9-5-2-6-10-18/h1-15,20H,(H,24,25,26)/t20-/m0/s1. The first-order valence-electron chi connectivity index (χ1n) is 8.73. The number of benzene rings is 2. The number of aromatic nitrogens is 2. The molecule has 6 heteroatoms. The van der Waals surface area contributed by atoms with E-state index in [1.165, 1.54) is 23.1 Å². The second-order valence-electron chi connectivity index (χ2n) is 5.98. The van der Waals surface area contributed by atoms with Gasteiger partial charge in [0, 0.05) is 28.2 Å². The zero-order valence-corrected chi connectivity index (χ0v) is 16.5. The van der Waals surface area contributed by atoms with Crippen molar-refractivity contribution < 1.29 is 4.79 Å². The van der Waals surface area contributed by atoms with Gasteiger partial charge in [0.15, 0.2) is 5.13 Å². The number of nitrogens with one attached hydrogen (secondary N) is 1. The maximum absolute atomic E-state index is 13.1. The number of thioether (sulfide) groups is 1. The zero-order valence-electron chi connectivity index (χ0n) is 14.9. The molecule has 0 aliphatic carbocycles. The first kappa shape index (κ1) is 18.4. The maximum Gasteiger partial charge on any atom is 0.244 e. The highest BCUT2D eigenvalue weighted by Crippen LogP contribution is 2.36. The highest BCUT2D eigenvalue weighted by atomic mass is 32.2. The van der Waals surface area contributed by atoms with Gasteiger partial charge in [-0.15, -0.1) is 23.1 Å². The summed E-state index contributed by atoms with van der Waals surface area (Å²) >= 11 is 2.95. The van der Waals surface area contributed by atoms with Gasteiger partial charge in [0.2, 0.25) is 5.91 Å². The van der Waals surface area contributed by atoms with Gasteiger partial charge < -0.3 is 5.32 Å². The summed E-state index contributed by atoms with van der Waals surface area (Å²) in [7, 11) is 0. The molecule has 138 valence electrons. The van der Waals surface area contributed by atoms with Crippen molar-refractivity contribution in [2.45, 2.75) is 10.1 Å². The number of hydrogen-bond acceptors (Lipinski definition) is 5. The zero-order chi connectivity index (χ0) is 19.2. The number of anilines is 1. The topological polar surface area (TPSA) is 54.9 Å². The highest BCUT2D eigenvalue weighted by molar-refractivity contribution is 8.00. The predicted molar refractivity (Wildman–Crippen MR) is 115 cm³/mol. The molecule has 0 radical (unpaired) electrons. The Morgan fingerprint density at radius 3 is 2.32 bits per heavy atom. The molecule has 0 aliphatic rings. The fraction of sp³-hybridized carbons (Fsp3) is 0.0455. The molecule has 4 nitrogen and oxygen atoms in total. The number of pyridine rings is 1. The van der Waals surface area contributed by atoms with Crippen LogP contribution in [0.15, 0.2) is 95.5 Å². The lowest BCUT2D eigenvalue weighted by atomic mass is 10.1. The van der Waals surface area contributed by atoms with Crippen LogP contribution in [-0.2, 0) is 4.79 Å². The van der Waals surface area contributed by atoms with Crippen molar-refractivity contribution in [2.75, 3.05) is 5.32 Å². The number of carbonyl (C=O) groups is 1. The van der Waals surface area contributed by atoms with Crippen molar-refractivity contribution in [1.29, 1.82) is 0 Å². The molecule has 0 saturated heterocycles. The molecule has 0 bridgehead atoms. The van der Waals surface area contributed by atoms with Gasteiger partial charge >= 0.3 is 0 Å². The summed E-state index contributed by atoms with van der Waals surface area (Å²) in [4.78, 5) is 22.7. The SMILES string of the molecule is O=C(Nc1nc(-c2ccncc2)cs1)[C@@H](Sc1ccccc1)c1ccccc1. The summed E-state index contributed by atoms with van der Waals surface area (Å²) in [6, 6.07) is 23.6. The Morgan fingerprint density at radius 2 is 1.61 bits per heavy atom. The van der Waals surface area contributed by atoms with E-state index in [4.69, 9.17) is 0 Å². The summed E-state index contributed by atoms with van der Waals surface area (Å²) in [5.41, 5.74) is 2.76. The van der Waals surface area contributed by atoms with Crippen LogP contribution in [0, 0.1) is 0 Å². The van der Waals surface area contributed by atoms with Crippen molar-refractivity contribution in [2.24, 2.45) is 0 Å². The smallest absolute Gasteiger partial charge is 0.244 e. The molecule has 2 aromatic heterocycles. The van der Waals surface area contributed by atoms with E-state index in [0.29, 0.717) is 5.13 Å². The van der Waals surface area contributed by atoms with Crippen LogP contribution in [0.5, 0.6) is 0 Å². The largest absolute Gasteiger partial charge is 0.301 e. The summed E-state index contributed by atoms with van der Waals surface area (Å²) in [6.07, 6.45) is 3.46. The Labute approximate surface area is 171 Å². The number of thiazole rings is 1. The molecular formula is C22H17N3OS2. The van der Waals surface area contributed by atoms with Crippen LogP contribution in [-0.4, -0.2) is 15.9 Å². The molecule has 1 amide bonds. The molecule has 1 N–H and O–H groups in total. The van der Waals surface area contributed by atoms with Gasteiger partial charge in [0.25, 0.3) is 0 Å². The van der Waals surface area contributed by atoms with E-state index >= 15 is 0 Å². The number of hydrogen-bond donors (Lipinski definition) is 1. The monoisotopic (exact) mass is 403 g/mol. The molecule has 1 atom stereocenters. The average molecular weight is 404 g/mol. The van der Waals surface area contributed by atoms with Gasteiger partial charge in [-0.25, -0.2) is 4.98 Å². The second-order valence-corrected chi connectivity index (χ2v) is 8.02. The highest BCUT2D eigenvalue weighted by Gasteiger charge is 2.23. The van der Waals surface area contributed by atoms with Crippen LogP contribution in [0.25, 0.3) is 11.3 Å². The molecule has 0 fully saturated rings. The van der Waals surface area contributed by atoms with Crippen molar-refractivity contribution in [3.63, 3.8) is 0 Å². The summed E-state index contributed by atoms with van der Waals surface area (Å²) in [5, 5.41) is 5.15. The van der Waals surface area contributed by atoms with E-state index in [-0.39, 0.29) is 11.2 Å². The van der Waals surface area contributed by atoms with Crippen molar-refractivity contribution in [3.05, 3.63) is 96.1 Å². The Bertz CT molecular complexity index is 1040. The van der Waals surface area contributed by atoms with Crippen LogP contribution < -0.4 is 5.32 Å². The quantitative estimate of drug-likeness (QED) is 0.421. The van der Waals surface area contributed by atoms with Gasteiger partial charge in [0.05, 0.1) is 5.69 Å². The minimum atomic E-state index is -0.364. The van der Waals surface area contributed by atoms with Crippen LogP contribution in [0.2, 0.25) is 0 Å². The van der Waals surface area contributed by atoms with Crippen LogP contribution in [0.4, 0.5) is 5.13 Å². The minimum absolute atomic E-state index is 0.0873. The van der Waals surface area contributed by atoms with Crippen molar-refractivity contribution in [3.8, 4) is 11.3 Å². The maximum atomic E-state index is 13.1. The molecule has 4 aromatic rings. The average Bonchev–Trinajstić information content (AvgIpc) is 3.22. The van der Waals surface area contributed by atoms with E-state index in [1.54, 1.807) is 12.4 Å². The molecule has 4 rings (SSSR count). The van der Waals surface area contributed by atoms with Crippen LogP contribution in [0.1, 0.15) is 10.8 Å². The molecule has 2 aromatic carbocycles.